The number of aromatic nitrogens is 1. The number of nitrogens with zero attached hydrogens (tertiary/aromatic N) is 1. The molecule has 116 valence electrons. The van der Waals surface area contributed by atoms with Crippen LogP contribution in [0.25, 0.3) is 22.0 Å². The zero-order valence-corrected chi connectivity index (χ0v) is 12.3. The lowest BCUT2D eigenvalue weighted by atomic mass is 10.0. The molecule has 5 nitrogen and oxygen atoms in total. The molecule has 23 heavy (non-hydrogen) atoms. The quantitative estimate of drug-likeness (QED) is 0.754. The normalized spacial score (nSPS) is 11.6. The van der Waals surface area contributed by atoms with Crippen molar-refractivity contribution >= 4 is 20.9 Å². The van der Waals surface area contributed by atoms with Crippen LogP contribution in [-0.4, -0.2) is 13.4 Å². The molecule has 0 aliphatic rings. The van der Waals surface area contributed by atoms with Gasteiger partial charge < -0.3 is 4.98 Å². The van der Waals surface area contributed by atoms with Crippen molar-refractivity contribution in [2.75, 3.05) is 0 Å². The molecular weight excluding hydrogens is 324 g/mol. The zero-order chi connectivity index (χ0) is 16.8. The minimum Gasteiger partial charge on any atom is -0.360 e. The number of aromatic amines is 1. The predicted octanol–water partition coefficient (Wildman–Crippen LogP) is 2.63. The average molecular weight is 333 g/mol. The van der Waals surface area contributed by atoms with Crippen LogP contribution in [0.4, 0.5) is 8.78 Å². The number of H-pyrrole nitrogens is 1. The van der Waals surface area contributed by atoms with E-state index in [2.05, 4.69) is 4.98 Å². The van der Waals surface area contributed by atoms with Crippen LogP contribution in [0.5, 0.6) is 0 Å². The summed E-state index contributed by atoms with van der Waals surface area (Å²) in [6, 6.07) is 7.70. The number of halogens is 2. The number of nitrogens with one attached hydrogen (secondary N) is 1. The Morgan fingerprint density at radius 3 is 2.52 bits per heavy atom. The van der Waals surface area contributed by atoms with Gasteiger partial charge in [0.2, 0.25) is 10.0 Å². The van der Waals surface area contributed by atoms with Crippen molar-refractivity contribution in [3.8, 4) is 17.2 Å². The van der Waals surface area contributed by atoms with Gasteiger partial charge in [0.15, 0.2) is 0 Å². The van der Waals surface area contributed by atoms with Crippen LogP contribution in [-0.2, 0) is 10.0 Å². The van der Waals surface area contributed by atoms with Gasteiger partial charge in [0.25, 0.3) is 0 Å². The second-order valence-corrected chi connectivity index (χ2v) is 6.41. The smallest absolute Gasteiger partial charge is 0.240 e. The van der Waals surface area contributed by atoms with Crippen LogP contribution in [0.15, 0.2) is 41.4 Å². The largest absolute Gasteiger partial charge is 0.360 e. The molecule has 1 heterocycles. The van der Waals surface area contributed by atoms with Gasteiger partial charge in [-0.3, -0.25) is 0 Å². The van der Waals surface area contributed by atoms with Gasteiger partial charge in [-0.25, -0.2) is 22.3 Å². The van der Waals surface area contributed by atoms with Crippen LogP contribution < -0.4 is 5.14 Å². The summed E-state index contributed by atoms with van der Waals surface area (Å²) in [5.41, 5.74) is 0.329. The van der Waals surface area contributed by atoms with Gasteiger partial charge in [-0.15, -0.1) is 0 Å². The van der Waals surface area contributed by atoms with E-state index < -0.39 is 21.7 Å². The summed E-state index contributed by atoms with van der Waals surface area (Å²) in [7, 11) is -3.89. The first-order chi connectivity index (χ1) is 10.8. The van der Waals surface area contributed by atoms with Gasteiger partial charge in [-0.1, -0.05) is 12.1 Å². The van der Waals surface area contributed by atoms with Crippen LogP contribution in [0.3, 0.4) is 0 Å². The first-order valence-electron chi connectivity index (χ1n) is 6.34. The van der Waals surface area contributed by atoms with E-state index in [4.69, 9.17) is 10.4 Å². The second kappa shape index (κ2) is 5.15. The summed E-state index contributed by atoms with van der Waals surface area (Å²) < 4.78 is 50.7. The van der Waals surface area contributed by atoms with Gasteiger partial charge >= 0.3 is 0 Å². The first-order valence-corrected chi connectivity index (χ1v) is 7.89. The molecule has 0 bridgehead atoms. The van der Waals surface area contributed by atoms with Crippen molar-refractivity contribution in [3.63, 3.8) is 0 Å². The number of benzene rings is 2. The van der Waals surface area contributed by atoms with E-state index in [1.54, 1.807) is 6.07 Å². The monoisotopic (exact) mass is 333 g/mol. The SMILES string of the molecule is N#Cc1cc(F)c(-c2ccc3c(S(N)(=O)=O)c[nH]c3c2)cc1F. The van der Waals surface area contributed by atoms with Crippen molar-refractivity contribution < 1.29 is 17.2 Å². The Morgan fingerprint density at radius 1 is 1.13 bits per heavy atom. The Bertz CT molecular complexity index is 1080. The van der Waals surface area contributed by atoms with E-state index in [1.165, 1.54) is 24.4 Å². The zero-order valence-electron chi connectivity index (χ0n) is 11.5. The number of fused-ring (bicyclic) bond motifs is 1. The fourth-order valence-electron chi connectivity index (χ4n) is 2.36. The van der Waals surface area contributed by atoms with Gasteiger partial charge in [0, 0.05) is 22.7 Å². The van der Waals surface area contributed by atoms with E-state index in [-0.39, 0.29) is 16.0 Å². The Balaban J connectivity index is 2.20. The minimum atomic E-state index is -3.89. The molecule has 0 radical (unpaired) electrons. The third kappa shape index (κ3) is 2.56. The molecule has 0 unspecified atom stereocenters. The lowest BCUT2D eigenvalue weighted by molar-refractivity contribution is 0.598. The number of primary sulfonamides is 1. The molecule has 3 aromatic rings. The standard InChI is InChI=1S/C15H9F2N3O2S/c16-12-5-11(13(17)3-9(12)6-18)8-1-2-10-14(4-8)20-7-15(10)23(19,21)22/h1-5,7,20H,(H2,19,21,22). The molecule has 2 aromatic carbocycles. The summed E-state index contributed by atoms with van der Waals surface area (Å²) in [6.45, 7) is 0. The third-order valence-electron chi connectivity index (χ3n) is 3.44. The number of hydrogen-bond donors (Lipinski definition) is 2. The van der Waals surface area contributed by atoms with Crippen molar-refractivity contribution in [3.05, 3.63) is 53.7 Å². The molecule has 0 fully saturated rings. The molecule has 0 aliphatic carbocycles. The van der Waals surface area contributed by atoms with Crippen LogP contribution in [0, 0.1) is 23.0 Å². The van der Waals surface area contributed by atoms with Gasteiger partial charge in [0.05, 0.1) is 5.56 Å². The van der Waals surface area contributed by atoms with Crippen LogP contribution >= 0.6 is 0 Å². The molecule has 1 aromatic heterocycles. The van der Waals surface area contributed by atoms with Crippen LogP contribution in [0.1, 0.15) is 5.56 Å². The second-order valence-electron chi connectivity index (χ2n) is 4.88. The van der Waals surface area contributed by atoms with E-state index in [0.29, 0.717) is 16.5 Å². The molecule has 8 heteroatoms. The van der Waals surface area contributed by atoms with E-state index in [1.807, 2.05) is 0 Å². The summed E-state index contributed by atoms with van der Waals surface area (Å²) in [5.74, 6) is -1.58. The first kappa shape index (κ1) is 15.1. The highest BCUT2D eigenvalue weighted by molar-refractivity contribution is 7.89. The highest BCUT2D eigenvalue weighted by Crippen LogP contribution is 2.30. The lowest BCUT2D eigenvalue weighted by Crippen LogP contribution is -2.11. The predicted molar refractivity (Wildman–Crippen MR) is 79.7 cm³/mol. The lowest BCUT2D eigenvalue weighted by Gasteiger charge is -2.06. The molecule has 0 amide bonds. The number of hydrogen-bond acceptors (Lipinski definition) is 3. The Morgan fingerprint density at radius 2 is 1.87 bits per heavy atom. The summed E-state index contributed by atoms with van der Waals surface area (Å²) in [6.07, 6.45) is 1.24. The van der Waals surface area contributed by atoms with Crippen molar-refractivity contribution in [1.29, 1.82) is 5.26 Å². The summed E-state index contributed by atoms with van der Waals surface area (Å²) >= 11 is 0. The molecular formula is C15H9F2N3O2S. The Hall–Kier alpha value is -2.76. The van der Waals surface area contributed by atoms with Gasteiger partial charge in [-0.05, 0) is 23.8 Å². The third-order valence-corrected chi connectivity index (χ3v) is 4.39. The van der Waals surface area contributed by atoms with Gasteiger partial charge in [0.1, 0.15) is 22.6 Å². The molecule has 0 atom stereocenters. The van der Waals surface area contributed by atoms with Crippen molar-refractivity contribution in [2.45, 2.75) is 4.90 Å². The maximum atomic E-state index is 14.1. The van der Waals surface area contributed by atoms with Crippen molar-refractivity contribution in [2.24, 2.45) is 5.14 Å². The Kier molecular flexibility index (Phi) is 3.39. The fourth-order valence-corrected chi connectivity index (χ4v) is 3.06. The summed E-state index contributed by atoms with van der Waals surface area (Å²) in [4.78, 5) is 2.66. The molecule has 0 saturated carbocycles. The highest BCUT2D eigenvalue weighted by atomic mass is 32.2. The Labute approximate surface area is 130 Å². The topological polar surface area (TPSA) is 99.7 Å². The maximum Gasteiger partial charge on any atom is 0.240 e. The fraction of sp³-hybridized carbons (Fsp3) is 0. The van der Waals surface area contributed by atoms with E-state index in [0.717, 1.165) is 12.1 Å². The minimum absolute atomic E-state index is 0.0323. The number of nitriles is 1. The molecule has 3 rings (SSSR count). The number of sulfonamides is 1. The molecule has 0 spiro atoms. The van der Waals surface area contributed by atoms with Crippen LogP contribution in [0.2, 0.25) is 0 Å². The molecule has 3 N–H and O–H groups in total. The van der Waals surface area contributed by atoms with E-state index in [9.17, 15) is 17.2 Å². The average Bonchev–Trinajstić information content (AvgIpc) is 2.92. The molecule has 0 aliphatic heterocycles. The summed E-state index contributed by atoms with van der Waals surface area (Å²) in [5, 5.41) is 14.2. The number of nitrogens with two attached hydrogens (primary N) is 1. The number of rotatable bonds is 2. The van der Waals surface area contributed by atoms with Gasteiger partial charge in [-0.2, -0.15) is 5.26 Å². The highest BCUT2D eigenvalue weighted by Gasteiger charge is 2.16. The van der Waals surface area contributed by atoms with E-state index >= 15 is 0 Å². The molecule has 0 saturated heterocycles. The maximum absolute atomic E-state index is 14.1. The van der Waals surface area contributed by atoms with Crippen molar-refractivity contribution in [1.82, 2.24) is 4.98 Å².